The first-order valence-electron chi connectivity index (χ1n) is 10.7. The van der Waals surface area contributed by atoms with E-state index in [2.05, 4.69) is 5.32 Å². The number of sulfone groups is 1. The molecule has 0 unspecified atom stereocenters. The van der Waals surface area contributed by atoms with Gasteiger partial charge >= 0.3 is 5.97 Å². The fraction of sp³-hybridized carbons (Fsp3) is 0.240. The SMILES string of the molecule is O=C(O)COc1ccc(S(=O)(=O)c2ccc(CCCNC[C@@H](O)c3cccc(Cl)c3)cc2)cc1. The van der Waals surface area contributed by atoms with Crippen LogP contribution in [-0.4, -0.2) is 44.3 Å². The standard InChI is InChI=1S/C25H26ClNO6S/c26-20-5-1-4-19(15-20)24(28)16-27-14-2-3-18-6-10-22(11-7-18)34(31,32)23-12-8-21(9-13-23)33-17-25(29)30/h1,4-13,15,24,27-28H,2-3,14,16-17H2,(H,29,30)/t24-/m1/s1. The zero-order chi connectivity index (χ0) is 24.6. The number of hydrogen-bond donors (Lipinski definition) is 3. The van der Waals surface area contributed by atoms with E-state index in [9.17, 15) is 18.3 Å². The molecule has 0 bridgehead atoms. The number of benzene rings is 3. The summed E-state index contributed by atoms with van der Waals surface area (Å²) in [6.07, 6.45) is 0.948. The molecule has 3 N–H and O–H groups in total. The van der Waals surface area contributed by atoms with Crippen molar-refractivity contribution in [1.29, 1.82) is 0 Å². The van der Waals surface area contributed by atoms with Gasteiger partial charge in [-0.1, -0.05) is 35.9 Å². The van der Waals surface area contributed by atoms with E-state index in [1.165, 1.54) is 24.3 Å². The Kier molecular flexibility index (Phi) is 9.06. The van der Waals surface area contributed by atoms with E-state index in [4.69, 9.17) is 21.4 Å². The number of aryl methyl sites for hydroxylation is 1. The van der Waals surface area contributed by atoms with Crippen molar-refractivity contribution < 1.29 is 28.2 Å². The van der Waals surface area contributed by atoms with Crippen LogP contribution in [0.4, 0.5) is 0 Å². The van der Waals surface area contributed by atoms with E-state index < -0.39 is 28.5 Å². The molecule has 0 spiro atoms. The Bertz CT molecular complexity index is 1200. The summed E-state index contributed by atoms with van der Waals surface area (Å²) >= 11 is 5.95. The zero-order valence-electron chi connectivity index (χ0n) is 18.4. The van der Waals surface area contributed by atoms with Gasteiger partial charge in [0, 0.05) is 11.6 Å². The zero-order valence-corrected chi connectivity index (χ0v) is 19.9. The Morgan fingerprint density at radius 2 is 1.65 bits per heavy atom. The van der Waals surface area contributed by atoms with Crippen LogP contribution in [0.15, 0.2) is 82.6 Å². The van der Waals surface area contributed by atoms with E-state index >= 15 is 0 Å². The second-order valence-corrected chi connectivity index (χ2v) is 10.1. The minimum Gasteiger partial charge on any atom is -0.482 e. The topological polar surface area (TPSA) is 113 Å². The molecule has 180 valence electrons. The van der Waals surface area contributed by atoms with Gasteiger partial charge in [-0.05, 0) is 79.0 Å². The molecule has 34 heavy (non-hydrogen) atoms. The van der Waals surface area contributed by atoms with E-state index in [1.807, 2.05) is 6.07 Å². The van der Waals surface area contributed by atoms with Crippen LogP contribution in [0.25, 0.3) is 0 Å². The van der Waals surface area contributed by atoms with Crippen LogP contribution in [0, 0.1) is 0 Å². The van der Waals surface area contributed by atoms with Crippen LogP contribution in [0.1, 0.15) is 23.7 Å². The summed E-state index contributed by atoms with van der Waals surface area (Å²) in [6, 6.07) is 19.5. The van der Waals surface area contributed by atoms with Crippen molar-refractivity contribution in [2.45, 2.75) is 28.7 Å². The van der Waals surface area contributed by atoms with Crippen LogP contribution in [0.3, 0.4) is 0 Å². The number of carboxylic acid groups (broad SMARTS) is 1. The molecule has 1 atom stereocenters. The molecule has 0 aromatic heterocycles. The van der Waals surface area contributed by atoms with Crippen LogP contribution >= 0.6 is 11.6 Å². The normalized spacial score (nSPS) is 12.3. The van der Waals surface area contributed by atoms with Gasteiger partial charge in [-0.3, -0.25) is 0 Å². The summed E-state index contributed by atoms with van der Waals surface area (Å²) in [5.41, 5.74) is 1.77. The molecular formula is C25H26ClNO6S. The van der Waals surface area contributed by atoms with Gasteiger partial charge in [0.25, 0.3) is 0 Å². The van der Waals surface area contributed by atoms with Gasteiger partial charge in [0.1, 0.15) is 5.75 Å². The molecule has 3 rings (SSSR count). The van der Waals surface area contributed by atoms with Gasteiger partial charge in [0.05, 0.1) is 15.9 Å². The minimum absolute atomic E-state index is 0.102. The third-order valence-corrected chi connectivity index (χ3v) is 7.14. The average molecular weight is 504 g/mol. The Morgan fingerprint density at radius 3 is 2.26 bits per heavy atom. The van der Waals surface area contributed by atoms with Gasteiger partial charge < -0.3 is 20.3 Å². The lowest BCUT2D eigenvalue weighted by Crippen LogP contribution is -2.22. The lowest BCUT2D eigenvalue weighted by Gasteiger charge is -2.12. The van der Waals surface area contributed by atoms with Crippen molar-refractivity contribution in [3.8, 4) is 5.75 Å². The first-order valence-corrected chi connectivity index (χ1v) is 12.5. The number of ether oxygens (including phenoxy) is 1. The first kappa shape index (κ1) is 25.7. The molecule has 7 nitrogen and oxygen atoms in total. The number of hydrogen-bond acceptors (Lipinski definition) is 6. The average Bonchev–Trinajstić information content (AvgIpc) is 2.83. The summed E-state index contributed by atoms with van der Waals surface area (Å²) in [4.78, 5) is 10.8. The predicted octanol–water partition coefficient (Wildman–Crippen LogP) is 3.89. The summed E-state index contributed by atoms with van der Waals surface area (Å²) in [7, 11) is -3.69. The van der Waals surface area contributed by atoms with Gasteiger partial charge in [0.2, 0.25) is 9.84 Å². The van der Waals surface area contributed by atoms with Gasteiger partial charge in [-0.15, -0.1) is 0 Å². The molecule has 0 fully saturated rings. The summed E-state index contributed by atoms with van der Waals surface area (Å²) in [5.74, 6) is -0.826. The summed E-state index contributed by atoms with van der Waals surface area (Å²) < 4.78 is 30.7. The molecule has 0 saturated heterocycles. The van der Waals surface area contributed by atoms with E-state index in [-0.39, 0.29) is 15.5 Å². The molecule has 0 aliphatic heterocycles. The number of nitrogens with one attached hydrogen (secondary N) is 1. The molecule has 0 aliphatic carbocycles. The number of aliphatic carboxylic acids is 1. The Balaban J connectivity index is 1.48. The largest absolute Gasteiger partial charge is 0.482 e. The molecule has 0 saturated carbocycles. The van der Waals surface area contributed by atoms with Gasteiger partial charge in [-0.2, -0.15) is 0 Å². The van der Waals surface area contributed by atoms with Crippen molar-refractivity contribution in [3.05, 3.63) is 88.9 Å². The highest BCUT2D eigenvalue weighted by Gasteiger charge is 2.17. The maximum atomic E-state index is 12.8. The lowest BCUT2D eigenvalue weighted by molar-refractivity contribution is -0.139. The molecule has 0 amide bonds. The number of rotatable bonds is 12. The van der Waals surface area contributed by atoms with Crippen molar-refractivity contribution in [1.82, 2.24) is 5.32 Å². The second kappa shape index (κ2) is 12.0. The maximum Gasteiger partial charge on any atom is 0.341 e. The highest BCUT2D eigenvalue weighted by Crippen LogP contribution is 2.24. The second-order valence-electron chi connectivity index (χ2n) is 7.68. The molecule has 0 aliphatic rings. The predicted molar refractivity (Wildman–Crippen MR) is 129 cm³/mol. The smallest absolute Gasteiger partial charge is 0.341 e. The molecular weight excluding hydrogens is 478 g/mol. The Hall–Kier alpha value is -2.91. The van der Waals surface area contributed by atoms with Gasteiger partial charge in [-0.25, -0.2) is 13.2 Å². The van der Waals surface area contributed by atoms with E-state index in [0.717, 1.165) is 24.0 Å². The highest BCUT2D eigenvalue weighted by molar-refractivity contribution is 7.91. The van der Waals surface area contributed by atoms with Crippen molar-refractivity contribution in [2.24, 2.45) is 0 Å². The van der Waals surface area contributed by atoms with Crippen LogP contribution < -0.4 is 10.1 Å². The number of aliphatic hydroxyl groups excluding tert-OH is 1. The van der Waals surface area contributed by atoms with Crippen molar-refractivity contribution in [3.63, 3.8) is 0 Å². The minimum atomic E-state index is -3.69. The van der Waals surface area contributed by atoms with Crippen molar-refractivity contribution in [2.75, 3.05) is 19.7 Å². The monoisotopic (exact) mass is 503 g/mol. The van der Waals surface area contributed by atoms with Gasteiger partial charge in [0.15, 0.2) is 6.61 Å². The molecule has 3 aromatic carbocycles. The molecule has 0 heterocycles. The quantitative estimate of drug-likeness (QED) is 0.321. The van der Waals surface area contributed by atoms with E-state index in [1.54, 1.807) is 42.5 Å². The fourth-order valence-electron chi connectivity index (χ4n) is 3.32. The highest BCUT2D eigenvalue weighted by atomic mass is 35.5. The number of carboxylic acids is 1. The molecule has 0 radical (unpaired) electrons. The summed E-state index contributed by atoms with van der Waals surface area (Å²) in [5, 5.41) is 22.7. The number of carbonyl (C=O) groups is 1. The third-order valence-electron chi connectivity index (χ3n) is 5.12. The summed E-state index contributed by atoms with van der Waals surface area (Å²) in [6.45, 7) is 0.622. The molecule has 3 aromatic rings. The molecule has 9 heteroatoms. The third kappa shape index (κ3) is 7.30. The lowest BCUT2D eigenvalue weighted by atomic mass is 10.1. The van der Waals surface area contributed by atoms with Crippen LogP contribution in [-0.2, 0) is 21.1 Å². The van der Waals surface area contributed by atoms with Crippen LogP contribution in [0.5, 0.6) is 5.75 Å². The maximum absolute atomic E-state index is 12.8. The fourth-order valence-corrected chi connectivity index (χ4v) is 4.78. The van der Waals surface area contributed by atoms with Crippen LogP contribution in [0.2, 0.25) is 5.02 Å². The first-order chi connectivity index (χ1) is 16.3. The number of halogens is 1. The Labute approximate surface area is 203 Å². The number of aliphatic hydroxyl groups is 1. The van der Waals surface area contributed by atoms with Crippen molar-refractivity contribution >= 4 is 27.4 Å². The Morgan fingerprint density at radius 1 is 1.00 bits per heavy atom. The van der Waals surface area contributed by atoms with E-state index in [0.29, 0.717) is 18.1 Å².